The molecule has 0 aliphatic heterocycles. The van der Waals surface area contributed by atoms with Crippen molar-refractivity contribution in [3.8, 4) is 0 Å². The number of para-hydroxylation sites is 1. The summed E-state index contributed by atoms with van der Waals surface area (Å²) in [6.45, 7) is 5.86. The molecule has 2 N–H and O–H groups in total. The fraction of sp³-hybridized carbons (Fsp3) is 0.375. The minimum absolute atomic E-state index is 0.0898. The quantitative estimate of drug-likeness (QED) is 0.901. The maximum atomic E-state index is 12.4. The van der Waals surface area contributed by atoms with E-state index >= 15 is 0 Å². The Hall–Kier alpha value is -1.94. The van der Waals surface area contributed by atoms with Gasteiger partial charge in [-0.2, -0.15) is 0 Å². The van der Waals surface area contributed by atoms with Crippen LogP contribution in [0.5, 0.6) is 0 Å². The normalized spacial score (nSPS) is 13.2. The fourth-order valence-electron chi connectivity index (χ4n) is 2.06. The Bertz CT molecular complexity index is 612. The van der Waals surface area contributed by atoms with Crippen molar-refractivity contribution in [2.45, 2.75) is 26.8 Å². The van der Waals surface area contributed by atoms with Crippen LogP contribution in [-0.2, 0) is 0 Å². The molecular weight excluding hydrogens is 252 g/mol. The average Bonchev–Trinajstić information content (AvgIpc) is 2.42. The van der Waals surface area contributed by atoms with Gasteiger partial charge in [-0.15, -0.1) is 0 Å². The molecule has 0 saturated heterocycles. The Morgan fingerprint density at radius 2 is 2.00 bits per heavy atom. The second kappa shape index (κ2) is 5.59. The molecule has 1 amide bonds. The summed E-state index contributed by atoms with van der Waals surface area (Å²) in [5, 5.41) is 13.3. The lowest BCUT2D eigenvalue weighted by molar-refractivity contribution is 0.0849. The highest BCUT2D eigenvalue weighted by molar-refractivity contribution is 6.05. The van der Waals surface area contributed by atoms with E-state index in [2.05, 4.69) is 10.3 Å². The largest absolute Gasteiger partial charge is 0.394 e. The summed E-state index contributed by atoms with van der Waals surface area (Å²) < 4.78 is 0. The molecular formula is C16H20N2O2. The third-order valence-electron chi connectivity index (χ3n) is 3.41. The lowest BCUT2D eigenvalue weighted by Gasteiger charge is -2.29. The van der Waals surface area contributed by atoms with Gasteiger partial charge in [0.1, 0.15) is 0 Å². The van der Waals surface area contributed by atoms with Gasteiger partial charge in [-0.3, -0.25) is 9.78 Å². The predicted octanol–water partition coefficient (Wildman–Crippen LogP) is 2.37. The smallest absolute Gasteiger partial charge is 0.253 e. The standard InChI is InChI=1S/C16H20N2O2/c1-16(2,3)13(10-19)18-15(20)12-8-4-6-11-7-5-9-17-14(11)12/h4-9,13,19H,10H2,1-3H3,(H,18,20)/t13-/m1/s1. The van der Waals surface area contributed by atoms with Gasteiger partial charge in [0.2, 0.25) is 0 Å². The third-order valence-corrected chi connectivity index (χ3v) is 3.41. The van der Waals surface area contributed by atoms with Gasteiger partial charge in [-0.05, 0) is 17.5 Å². The molecule has 2 aromatic rings. The Kier molecular flexibility index (Phi) is 4.04. The van der Waals surface area contributed by atoms with Crippen molar-refractivity contribution in [3.63, 3.8) is 0 Å². The number of hydrogen-bond donors (Lipinski definition) is 2. The Morgan fingerprint density at radius 3 is 2.65 bits per heavy atom. The lowest BCUT2D eigenvalue weighted by Crippen LogP contribution is -2.46. The minimum atomic E-state index is -0.297. The number of aliphatic hydroxyl groups is 1. The number of fused-ring (bicyclic) bond motifs is 1. The number of amides is 1. The van der Waals surface area contributed by atoms with Crippen molar-refractivity contribution in [1.82, 2.24) is 10.3 Å². The van der Waals surface area contributed by atoms with Crippen LogP contribution in [-0.4, -0.2) is 28.6 Å². The van der Waals surface area contributed by atoms with Gasteiger partial charge in [-0.25, -0.2) is 0 Å². The Balaban J connectivity index is 2.32. The molecule has 106 valence electrons. The highest BCUT2D eigenvalue weighted by Crippen LogP contribution is 2.21. The number of carbonyl (C=O) groups is 1. The van der Waals surface area contributed by atoms with Crippen molar-refractivity contribution < 1.29 is 9.90 Å². The molecule has 0 spiro atoms. The first kappa shape index (κ1) is 14.5. The summed E-state index contributed by atoms with van der Waals surface area (Å²) in [5.74, 6) is -0.205. The topological polar surface area (TPSA) is 62.2 Å². The highest BCUT2D eigenvalue weighted by atomic mass is 16.3. The number of rotatable bonds is 3. The van der Waals surface area contributed by atoms with E-state index in [0.29, 0.717) is 11.1 Å². The molecule has 1 atom stereocenters. The molecule has 0 unspecified atom stereocenters. The number of nitrogens with one attached hydrogen (secondary N) is 1. The second-order valence-corrected chi connectivity index (χ2v) is 5.96. The molecule has 2 rings (SSSR count). The molecule has 0 aliphatic rings. The summed E-state index contributed by atoms with van der Waals surface area (Å²) in [5.41, 5.74) is 1.01. The van der Waals surface area contributed by atoms with Crippen LogP contribution in [0, 0.1) is 5.41 Å². The van der Waals surface area contributed by atoms with Crippen molar-refractivity contribution in [1.29, 1.82) is 0 Å². The molecule has 1 heterocycles. The van der Waals surface area contributed by atoms with Gasteiger partial charge < -0.3 is 10.4 Å². The molecule has 20 heavy (non-hydrogen) atoms. The van der Waals surface area contributed by atoms with E-state index in [1.54, 1.807) is 12.3 Å². The van der Waals surface area contributed by atoms with Gasteiger partial charge in [0.15, 0.2) is 0 Å². The van der Waals surface area contributed by atoms with Gasteiger partial charge in [0.25, 0.3) is 5.91 Å². The molecule has 0 bridgehead atoms. The van der Waals surface area contributed by atoms with Gasteiger partial charge >= 0.3 is 0 Å². The van der Waals surface area contributed by atoms with Crippen LogP contribution in [0.4, 0.5) is 0 Å². The summed E-state index contributed by atoms with van der Waals surface area (Å²) in [4.78, 5) is 16.7. The maximum Gasteiger partial charge on any atom is 0.253 e. The van der Waals surface area contributed by atoms with Crippen LogP contribution in [0.3, 0.4) is 0 Å². The first-order valence-electron chi connectivity index (χ1n) is 6.69. The molecule has 0 radical (unpaired) electrons. The minimum Gasteiger partial charge on any atom is -0.394 e. The zero-order chi connectivity index (χ0) is 14.8. The van der Waals surface area contributed by atoms with E-state index in [4.69, 9.17) is 0 Å². The van der Waals surface area contributed by atoms with E-state index in [0.717, 1.165) is 5.39 Å². The number of benzene rings is 1. The molecule has 0 fully saturated rings. The zero-order valence-corrected chi connectivity index (χ0v) is 12.1. The predicted molar refractivity (Wildman–Crippen MR) is 79.5 cm³/mol. The molecule has 0 aliphatic carbocycles. The number of hydrogen-bond acceptors (Lipinski definition) is 3. The van der Waals surface area contributed by atoms with Crippen LogP contribution in [0.2, 0.25) is 0 Å². The van der Waals surface area contributed by atoms with Crippen LogP contribution >= 0.6 is 0 Å². The van der Waals surface area contributed by atoms with Crippen molar-refractivity contribution in [2.75, 3.05) is 6.61 Å². The van der Waals surface area contributed by atoms with Crippen molar-refractivity contribution in [3.05, 3.63) is 42.1 Å². The molecule has 1 aromatic carbocycles. The number of aliphatic hydroxyl groups excluding tert-OH is 1. The van der Waals surface area contributed by atoms with Crippen LogP contribution in [0.1, 0.15) is 31.1 Å². The summed E-state index contributed by atoms with van der Waals surface area (Å²) >= 11 is 0. The second-order valence-electron chi connectivity index (χ2n) is 5.96. The Labute approximate surface area is 118 Å². The number of aromatic nitrogens is 1. The lowest BCUT2D eigenvalue weighted by atomic mass is 9.87. The van der Waals surface area contributed by atoms with Gasteiger partial charge in [0, 0.05) is 11.6 Å². The van der Waals surface area contributed by atoms with E-state index < -0.39 is 0 Å². The van der Waals surface area contributed by atoms with Crippen LogP contribution < -0.4 is 5.32 Å². The average molecular weight is 272 g/mol. The van der Waals surface area contributed by atoms with E-state index in [9.17, 15) is 9.90 Å². The monoisotopic (exact) mass is 272 g/mol. The number of nitrogens with zero attached hydrogens (tertiary/aromatic N) is 1. The fourth-order valence-corrected chi connectivity index (χ4v) is 2.06. The van der Waals surface area contributed by atoms with E-state index in [-0.39, 0.29) is 24.0 Å². The molecule has 0 saturated carbocycles. The third kappa shape index (κ3) is 2.96. The first-order chi connectivity index (χ1) is 9.43. The van der Waals surface area contributed by atoms with E-state index in [1.807, 2.05) is 45.0 Å². The van der Waals surface area contributed by atoms with E-state index in [1.165, 1.54) is 0 Å². The number of carbonyl (C=O) groups excluding carboxylic acids is 1. The van der Waals surface area contributed by atoms with Crippen molar-refractivity contribution in [2.24, 2.45) is 5.41 Å². The Morgan fingerprint density at radius 1 is 1.30 bits per heavy atom. The van der Waals surface area contributed by atoms with Crippen molar-refractivity contribution >= 4 is 16.8 Å². The van der Waals surface area contributed by atoms with Gasteiger partial charge in [0.05, 0.1) is 23.7 Å². The summed E-state index contributed by atoms with van der Waals surface area (Å²) in [6, 6.07) is 8.98. The summed E-state index contributed by atoms with van der Waals surface area (Å²) in [6.07, 6.45) is 1.67. The molecule has 4 heteroatoms. The van der Waals surface area contributed by atoms with Gasteiger partial charge in [-0.1, -0.05) is 39.0 Å². The molecule has 4 nitrogen and oxygen atoms in total. The summed E-state index contributed by atoms with van der Waals surface area (Å²) in [7, 11) is 0. The zero-order valence-electron chi connectivity index (χ0n) is 12.1. The maximum absolute atomic E-state index is 12.4. The van der Waals surface area contributed by atoms with Crippen LogP contribution in [0.15, 0.2) is 36.5 Å². The number of pyridine rings is 1. The first-order valence-corrected chi connectivity index (χ1v) is 6.69. The highest BCUT2D eigenvalue weighted by Gasteiger charge is 2.26. The SMILES string of the molecule is CC(C)(C)[C@@H](CO)NC(=O)c1cccc2cccnc12. The van der Waals surface area contributed by atoms with Crippen LogP contribution in [0.25, 0.3) is 10.9 Å². The molecule has 1 aromatic heterocycles.